The van der Waals surface area contributed by atoms with Crippen LogP contribution in [0.4, 0.5) is 0 Å². The van der Waals surface area contributed by atoms with E-state index in [-0.39, 0.29) is 5.54 Å². The number of piperazine rings is 1. The smallest absolute Gasteiger partial charge is 0.141 e. The van der Waals surface area contributed by atoms with Gasteiger partial charge in [0.25, 0.3) is 0 Å². The second-order valence-corrected chi connectivity index (χ2v) is 7.68. The van der Waals surface area contributed by atoms with Crippen molar-refractivity contribution in [1.29, 1.82) is 0 Å². The van der Waals surface area contributed by atoms with Crippen molar-refractivity contribution in [3.63, 3.8) is 0 Å². The Morgan fingerprint density at radius 3 is 2.67 bits per heavy atom. The molecule has 0 aromatic carbocycles. The van der Waals surface area contributed by atoms with Gasteiger partial charge in [0.1, 0.15) is 12.2 Å². The van der Waals surface area contributed by atoms with E-state index in [0.717, 1.165) is 32.0 Å². The summed E-state index contributed by atoms with van der Waals surface area (Å²) in [5, 5.41) is 8.07. The van der Waals surface area contributed by atoms with Crippen LogP contribution in [-0.2, 0) is 13.1 Å². The zero-order valence-electron chi connectivity index (χ0n) is 14.4. The largest absolute Gasteiger partial charge is 0.311 e. The molecule has 5 nitrogen and oxygen atoms in total. The summed E-state index contributed by atoms with van der Waals surface area (Å²) in [6.07, 6.45) is 1.69. The van der Waals surface area contributed by atoms with Crippen molar-refractivity contribution < 1.29 is 0 Å². The topological polar surface area (TPSA) is 46.0 Å². The Labute approximate surface area is 129 Å². The summed E-state index contributed by atoms with van der Waals surface area (Å²) in [5.74, 6) is 2.32. The minimum atomic E-state index is 0.153. The molecule has 0 amide bonds. The fourth-order valence-electron chi connectivity index (χ4n) is 2.85. The van der Waals surface area contributed by atoms with Crippen molar-refractivity contribution in [1.82, 2.24) is 25.0 Å². The molecule has 1 fully saturated rings. The van der Waals surface area contributed by atoms with Crippen molar-refractivity contribution >= 4 is 0 Å². The quantitative estimate of drug-likeness (QED) is 0.903. The summed E-state index contributed by atoms with van der Waals surface area (Å²) < 4.78 is 2.06. The van der Waals surface area contributed by atoms with Crippen LogP contribution < -0.4 is 5.32 Å². The van der Waals surface area contributed by atoms with Crippen LogP contribution in [0.15, 0.2) is 6.33 Å². The summed E-state index contributed by atoms with van der Waals surface area (Å²) >= 11 is 0. The Morgan fingerprint density at radius 2 is 2.05 bits per heavy atom. The molecule has 1 unspecified atom stereocenters. The average Bonchev–Trinajstić information content (AvgIpc) is 2.78. The third-order valence-corrected chi connectivity index (χ3v) is 4.44. The maximum Gasteiger partial charge on any atom is 0.141 e. The van der Waals surface area contributed by atoms with Crippen molar-refractivity contribution in [3.8, 4) is 0 Å². The maximum absolute atomic E-state index is 4.49. The van der Waals surface area contributed by atoms with E-state index in [0.29, 0.717) is 17.9 Å². The summed E-state index contributed by atoms with van der Waals surface area (Å²) in [7, 11) is 0. The molecule has 0 saturated carbocycles. The van der Waals surface area contributed by atoms with Crippen LogP contribution in [0.3, 0.4) is 0 Å². The highest BCUT2D eigenvalue weighted by Gasteiger charge is 2.35. The first kappa shape index (κ1) is 16.4. The minimum absolute atomic E-state index is 0.153. The van der Waals surface area contributed by atoms with Crippen molar-refractivity contribution in [2.45, 2.75) is 66.2 Å². The first-order valence-electron chi connectivity index (χ1n) is 8.14. The van der Waals surface area contributed by atoms with E-state index in [2.05, 4.69) is 66.5 Å². The first-order chi connectivity index (χ1) is 9.79. The van der Waals surface area contributed by atoms with Gasteiger partial charge in [0.15, 0.2) is 0 Å². The predicted octanol–water partition coefficient (Wildman–Crippen LogP) is 2.14. The third-order valence-electron chi connectivity index (χ3n) is 4.44. The Kier molecular flexibility index (Phi) is 5.04. The number of hydrogen-bond acceptors (Lipinski definition) is 4. The van der Waals surface area contributed by atoms with E-state index < -0.39 is 0 Å². The number of aromatic nitrogens is 3. The van der Waals surface area contributed by atoms with E-state index in [1.54, 1.807) is 6.33 Å². The van der Waals surface area contributed by atoms with Gasteiger partial charge >= 0.3 is 0 Å². The van der Waals surface area contributed by atoms with Crippen LogP contribution in [0.25, 0.3) is 0 Å². The van der Waals surface area contributed by atoms with Gasteiger partial charge in [-0.3, -0.25) is 4.90 Å². The molecular weight excluding hydrogens is 262 g/mol. The van der Waals surface area contributed by atoms with Crippen molar-refractivity contribution in [2.75, 3.05) is 13.1 Å². The van der Waals surface area contributed by atoms with Gasteiger partial charge < -0.3 is 5.32 Å². The highest BCUT2D eigenvalue weighted by atomic mass is 15.4. The second kappa shape index (κ2) is 6.44. The molecule has 5 heteroatoms. The summed E-state index contributed by atoms with van der Waals surface area (Å²) in [6.45, 7) is 17.5. The molecule has 1 aromatic rings. The molecular formula is C16H31N5. The van der Waals surface area contributed by atoms with Gasteiger partial charge in [-0.25, -0.2) is 9.67 Å². The zero-order chi connectivity index (χ0) is 15.6. The first-order valence-corrected chi connectivity index (χ1v) is 8.14. The molecule has 1 aliphatic heterocycles. The lowest BCUT2D eigenvalue weighted by Gasteiger charge is -2.47. The van der Waals surface area contributed by atoms with Crippen LogP contribution in [0.5, 0.6) is 0 Å². The Morgan fingerprint density at radius 1 is 1.33 bits per heavy atom. The van der Waals surface area contributed by atoms with E-state index >= 15 is 0 Å². The van der Waals surface area contributed by atoms with Crippen LogP contribution >= 0.6 is 0 Å². The molecule has 0 aliphatic carbocycles. The molecule has 1 atom stereocenters. The van der Waals surface area contributed by atoms with E-state index in [9.17, 15) is 0 Å². The normalized spacial score (nSPS) is 23.1. The molecule has 2 heterocycles. The SMILES string of the molecule is CC(C)Cn1ncnc1CN1CC(C(C)C)NCC1(C)C. The average molecular weight is 293 g/mol. The molecule has 120 valence electrons. The highest BCUT2D eigenvalue weighted by Crippen LogP contribution is 2.23. The van der Waals surface area contributed by atoms with Gasteiger partial charge in [-0.1, -0.05) is 27.7 Å². The minimum Gasteiger partial charge on any atom is -0.311 e. The van der Waals surface area contributed by atoms with Crippen molar-refractivity contribution in [3.05, 3.63) is 12.2 Å². The lowest BCUT2D eigenvalue weighted by molar-refractivity contribution is 0.0438. The number of nitrogens with zero attached hydrogens (tertiary/aromatic N) is 4. The Balaban J connectivity index is 2.10. The Bertz CT molecular complexity index is 449. The molecule has 0 spiro atoms. The van der Waals surface area contributed by atoms with Gasteiger partial charge in [0.05, 0.1) is 6.54 Å². The fourth-order valence-corrected chi connectivity index (χ4v) is 2.85. The zero-order valence-corrected chi connectivity index (χ0v) is 14.4. The van der Waals surface area contributed by atoms with Gasteiger partial charge in [-0.2, -0.15) is 5.10 Å². The number of nitrogens with one attached hydrogen (secondary N) is 1. The van der Waals surface area contributed by atoms with Gasteiger partial charge in [0.2, 0.25) is 0 Å². The van der Waals surface area contributed by atoms with Crippen LogP contribution in [-0.4, -0.2) is 44.3 Å². The standard InChI is InChI=1S/C16H31N5/c1-12(2)7-21-15(18-11-19-21)9-20-8-14(13(3)4)17-10-16(20,5)6/h11-14,17H,7-10H2,1-6H3. The molecule has 0 bridgehead atoms. The van der Waals surface area contributed by atoms with Crippen LogP contribution in [0, 0.1) is 11.8 Å². The fraction of sp³-hybridized carbons (Fsp3) is 0.875. The molecule has 1 aromatic heterocycles. The van der Waals surface area contributed by atoms with Crippen LogP contribution in [0.1, 0.15) is 47.4 Å². The maximum atomic E-state index is 4.49. The summed E-state index contributed by atoms with van der Waals surface area (Å²) in [4.78, 5) is 7.04. The Hall–Kier alpha value is -0.940. The third kappa shape index (κ3) is 4.04. The molecule has 1 N–H and O–H groups in total. The molecule has 1 saturated heterocycles. The second-order valence-electron chi connectivity index (χ2n) is 7.68. The molecule has 2 rings (SSSR count). The lowest BCUT2D eigenvalue weighted by atomic mass is 9.93. The lowest BCUT2D eigenvalue weighted by Crippen LogP contribution is -2.62. The highest BCUT2D eigenvalue weighted by molar-refractivity contribution is 4.97. The number of rotatable bonds is 5. The van der Waals surface area contributed by atoms with Crippen LogP contribution in [0.2, 0.25) is 0 Å². The summed E-state index contributed by atoms with van der Waals surface area (Å²) in [6, 6.07) is 0.555. The van der Waals surface area contributed by atoms with E-state index in [1.165, 1.54) is 0 Å². The molecule has 1 aliphatic rings. The van der Waals surface area contributed by atoms with Gasteiger partial charge in [-0.05, 0) is 25.7 Å². The number of hydrogen-bond donors (Lipinski definition) is 1. The van der Waals surface area contributed by atoms with Crippen molar-refractivity contribution in [2.24, 2.45) is 11.8 Å². The van der Waals surface area contributed by atoms with E-state index in [4.69, 9.17) is 0 Å². The molecule has 21 heavy (non-hydrogen) atoms. The summed E-state index contributed by atoms with van der Waals surface area (Å²) in [5.41, 5.74) is 0.153. The predicted molar refractivity (Wildman–Crippen MR) is 86.0 cm³/mol. The van der Waals surface area contributed by atoms with Gasteiger partial charge in [0, 0.05) is 31.2 Å². The van der Waals surface area contributed by atoms with Gasteiger partial charge in [-0.15, -0.1) is 0 Å². The molecule has 0 radical (unpaired) electrons. The van der Waals surface area contributed by atoms with E-state index in [1.807, 2.05) is 0 Å². The monoisotopic (exact) mass is 293 g/mol.